The van der Waals surface area contributed by atoms with Gasteiger partial charge in [-0.15, -0.1) is 0 Å². The summed E-state index contributed by atoms with van der Waals surface area (Å²) >= 11 is 13.1. The van der Waals surface area contributed by atoms with E-state index in [1.165, 1.54) is 14.2 Å². The Morgan fingerprint density at radius 2 is 1.75 bits per heavy atom. The number of aromatic nitrogens is 3. The lowest BCUT2D eigenvalue weighted by atomic mass is 10.1. The van der Waals surface area contributed by atoms with Crippen LogP contribution in [0, 0.1) is 0 Å². The highest BCUT2D eigenvalue weighted by Crippen LogP contribution is 2.45. The molecule has 1 saturated heterocycles. The fourth-order valence-electron chi connectivity index (χ4n) is 4.17. The number of H-pyrrole nitrogens is 1. The Morgan fingerprint density at radius 3 is 2.44 bits per heavy atom. The minimum atomic E-state index is -0.266. The molecule has 2 N–H and O–H groups in total. The molecule has 9 nitrogen and oxygen atoms in total. The maximum Gasteiger partial charge on any atom is 0.258 e. The van der Waals surface area contributed by atoms with Gasteiger partial charge in [-0.05, 0) is 24.3 Å². The van der Waals surface area contributed by atoms with Crippen LogP contribution in [-0.2, 0) is 4.74 Å². The average molecular weight is 528 g/mol. The van der Waals surface area contributed by atoms with Crippen molar-refractivity contribution in [2.75, 3.05) is 50.7 Å². The molecule has 2 aromatic heterocycles. The second-order valence-corrected chi connectivity index (χ2v) is 8.78. The maximum absolute atomic E-state index is 13.2. The van der Waals surface area contributed by atoms with E-state index in [2.05, 4.69) is 25.4 Å². The first kappa shape index (κ1) is 24.2. The van der Waals surface area contributed by atoms with E-state index in [-0.39, 0.29) is 5.91 Å². The predicted octanol–water partition coefficient (Wildman–Crippen LogP) is 5.04. The summed E-state index contributed by atoms with van der Waals surface area (Å²) in [6, 6.07) is 12.7. The molecule has 1 amide bonds. The number of nitrogens with zero attached hydrogens (tertiary/aromatic N) is 3. The number of carbonyl (C=O) groups excluding carboxylic acids is 1. The molecular formula is C25H23Cl2N5O4. The van der Waals surface area contributed by atoms with Crippen molar-refractivity contribution < 1.29 is 19.0 Å². The van der Waals surface area contributed by atoms with E-state index in [0.717, 1.165) is 18.8 Å². The third-order valence-electron chi connectivity index (χ3n) is 5.99. The van der Waals surface area contributed by atoms with E-state index in [0.29, 0.717) is 68.4 Å². The van der Waals surface area contributed by atoms with Crippen LogP contribution in [0.15, 0.2) is 42.5 Å². The van der Waals surface area contributed by atoms with Crippen molar-refractivity contribution in [1.29, 1.82) is 0 Å². The van der Waals surface area contributed by atoms with Gasteiger partial charge in [0.2, 0.25) is 0 Å². The van der Waals surface area contributed by atoms with Crippen molar-refractivity contribution in [1.82, 2.24) is 15.2 Å². The molecule has 0 atom stereocenters. The Labute approximate surface area is 217 Å². The fourth-order valence-corrected chi connectivity index (χ4v) is 4.86. The third kappa shape index (κ3) is 4.41. The van der Waals surface area contributed by atoms with Crippen molar-refractivity contribution >= 4 is 51.6 Å². The molecule has 0 saturated carbocycles. The molecule has 1 fully saturated rings. The number of nitrogens with one attached hydrogen (secondary N) is 2. The lowest BCUT2D eigenvalue weighted by molar-refractivity contribution is 0.102. The van der Waals surface area contributed by atoms with E-state index in [1.807, 2.05) is 18.2 Å². The Balaban J connectivity index is 1.47. The number of para-hydroxylation sites is 1. The van der Waals surface area contributed by atoms with Crippen LogP contribution >= 0.6 is 23.2 Å². The zero-order valence-electron chi connectivity index (χ0n) is 19.6. The van der Waals surface area contributed by atoms with Gasteiger partial charge in [-0.3, -0.25) is 9.89 Å². The normalized spacial score (nSPS) is 13.6. The number of morpholine rings is 1. The topological polar surface area (TPSA) is 102 Å². The summed E-state index contributed by atoms with van der Waals surface area (Å²) in [4.78, 5) is 20.0. The summed E-state index contributed by atoms with van der Waals surface area (Å²) in [5.74, 6) is 0.919. The summed E-state index contributed by atoms with van der Waals surface area (Å²) in [5.41, 5.74) is 2.83. The van der Waals surface area contributed by atoms with Crippen molar-refractivity contribution in [2.24, 2.45) is 0 Å². The van der Waals surface area contributed by atoms with Crippen LogP contribution in [0.3, 0.4) is 0 Å². The quantitative estimate of drug-likeness (QED) is 0.362. The van der Waals surface area contributed by atoms with E-state index in [1.54, 1.807) is 24.3 Å². The van der Waals surface area contributed by atoms with Gasteiger partial charge in [0.1, 0.15) is 11.5 Å². The average Bonchev–Trinajstić information content (AvgIpc) is 3.31. The number of amides is 1. The molecular weight excluding hydrogens is 505 g/mol. The number of hydrogen-bond acceptors (Lipinski definition) is 7. The van der Waals surface area contributed by atoms with Gasteiger partial charge in [-0.1, -0.05) is 35.3 Å². The molecule has 186 valence electrons. The molecule has 1 aliphatic rings. The number of anilines is 2. The van der Waals surface area contributed by atoms with Crippen LogP contribution in [0.2, 0.25) is 10.0 Å². The highest BCUT2D eigenvalue weighted by Gasteiger charge is 2.22. The van der Waals surface area contributed by atoms with Gasteiger partial charge in [0.15, 0.2) is 11.5 Å². The number of fused-ring (bicyclic) bond motifs is 1. The van der Waals surface area contributed by atoms with Crippen LogP contribution in [0.1, 0.15) is 10.4 Å². The highest BCUT2D eigenvalue weighted by atomic mass is 35.5. The summed E-state index contributed by atoms with van der Waals surface area (Å²) < 4.78 is 16.2. The molecule has 0 spiro atoms. The second kappa shape index (κ2) is 10.2. The molecule has 2 aromatic carbocycles. The van der Waals surface area contributed by atoms with Gasteiger partial charge in [0, 0.05) is 30.4 Å². The van der Waals surface area contributed by atoms with Gasteiger partial charge in [0.05, 0.1) is 54.1 Å². The smallest absolute Gasteiger partial charge is 0.258 e. The zero-order chi connectivity index (χ0) is 25.2. The van der Waals surface area contributed by atoms with Gasteiger partial charge >= 0.3 is 0 Å². The van der Waals surface area contributed by atoms with Gasteiger partial charge < -0.3 is 24.4 Å². The molecule has 0 bridgehead atoms. The van der Waals surface area contributed by atoms with E-state index < -0.39 is 0 Å². The maximum atomic E-state index is 13.2. The number of benzene rings is 2. The summed E-state index contributed by atoms with van der Waals surface area (Å²) in [5, 5.41) is 11.3. The van der Waals surface area contributed by atoms with E-state index in [9.17, 15) is 4.79 Å². The summed E-state index contributed by atoms with van der Waals surface area (Å²) in [6.45, 7) is 2.70. The summed E-state index contributed by atoms with van der Waals surface area (Å²) in [7, 11) is 3.02. The third-order valence-corrected chi connectivity index (χ3v) is 6.74. The van der Waals surface area contributed by atoms with Crippen LogP contribution in [0.25, 0.3) is 22.3 Å². The van der Waals surface area contributed by atoms with Crippen molar-refractivity contribution in [3.63, 3.8) is 0 Å². The molecule has 36 heavy (non-hydrogen) atoms. The number of methoxy groups -OCH3 is 2. The van der Waals surface area contributed by atoms with Crippen LogP contribution in [0.4, 0.5) is 11.5 Å². The Kier molecular flexibility index (Phi) is 6.86. The SMILES string of the molecule is COc1cc(OC)c(Cl)c(-c2ccc3c(NC(=O)c4ccccc4N4CCOCC4)n[nH]c3n2)c1Cl. The molecule has 0 unspecified atom stereocenters. The molecule has 4 aromatic rings. The first-order valence-corrected chi connectivity index (χ1v) is 12.0. The monoisotopic (exact) mass is 527 g/mol. The number of halogens is 2. The largest absolute Gasteiger partial charge is 0.495 e. The number of pyridine rings is 1. The molecule has 0 aliphatic carbocycles. The van der Waals surface area contributed by atoms with Crippen molar-refractivity contribution in [3.05, 3.63) is 58.1 Å². The van der Waals surface area contributed by atoms with Crippen LogP contribution in [0.5, 0.6) is 11.5 Å². The standard InChI is InChI=1S/C25H23Cl2N5O4/c1-34-18-13-19(35-2)22(27)20(21(18)26)16-8-7-15-23(28-16)30-31-24(15)29-25(33)14-5-3-4-6-17(14)32-9-11-36-12-10-32/h3-8,13H,9-12H2,1-2H3,(H2,28,29,30,31,33). The molecule has 5 rings (SSSR count). The number of rotatable bonds is 6. The van der Waals surface area contributed by atoms with Crippen molar-refractivity contribution in [2.45, 2.75) is 0 Å². The van der Waals surface area contributed by atoms with Crippen LogP contribution < -0.4 is 19.7 Å². The number of carbonyl (C=O) groups is 1. The molecule has 11 heteroatoms. The first-order valence-electron chi connectivity index (χ1n) is 11.2. The Morgan fingerprint density at radius 1 is 1.06 bits per heavy atom. The minimum Gasteiger partial charge on any atom is -0.495 e. The van der Waals surface area contributed by atoms with E-state index >= 15 is 0 Å². The van der Waals surface area contributed by atoms with E-state index in [4.69, 9.17) is 37.4 Å². The first-order chi connectivity index (χ1) is 17.5. The Hall–Kier alpha value is -3.53. The van der Waals surface area contributed by atoms with Gasteiger partial charge in [-0.2, -0.15) is 5.10 Å². The molecule has 1 aliphatic heterocycles. The van der Waals surface area contributed by atoms with Crippen LogP contribution in [-0.4, -0.2) is 61.6 Å². The summed E-state index contributed by atoms with van der Waals surface area (Å²) in [6.07, 6.45) is 0. The Bertz CT molecular complexity index is 1410. The fraction of sp³-hybridized carbons (Fsp3) is 0.240. The molecule has 0 radical (unpaired) electrons. The van der Waals surface area contributed by atoms with Crippen molar-refractivity contribution in [3.8, 4) is 22.8 Å². The number of ether oxygens (including phenoxy) is 3. The number of aromatic amines is 1. The zero-order valence-corrected chi connectivity index (χ0v) is 21.1. The second-order valence-electron chi connectivity index (χ2n) is 8.02. The lowest BCUT2D eigenvalue weighted by Crippen LogP contribution is -2.37. The highest BCUT2D eigenvalue weighted by molar-refractivity contribution is 6.41. The van der Waals surface area contributed by atoms with Gasteiger partial charge in [0.25, 0.3) is 5.91 Å². The predicted molar refractivity (Wildman–Crippen MR) is 140 cm³/mol. The number of hydrogen-bond donors (Lipinski definition) is 2. The van der Waals surface area contributed by atoms with Gasteiger partial charge in [-0.25, -0.2) is 4.98 Å². The molecule has 3 heterocycles. The lowest BCUT2D eigenvalue weighted by Gasteiger charge is -2.30. The minimum absolute atomic E-state index is 0.266.